The molecule has 0 atom stereocenters. The van der Waals surface area contributed by atoms with Crippen molar-refractivity contribution < 1.29 is 0 Å². The van der Waals surface area contributed by atoms with E-state index in [4.69, 9.17) is 5.73 Å². The van der Waals surface area contributed by atoms with Crippen LogP contribution in [0.5, 0.6) is 0 Å². The highest BCUT2D eigenvalue weighted by Gasteiger charge is 2.17. The molecular weight excluding hydrogens is 362 g/mol. The van der Waals surface area contributed by atoms with Crippen LogP contribution in [0.25, 0.3) is 11.3 Å². The number of para-hydroxylation sites is 1. The molecule has 0 saturated carbocycles. The molecule has 0 aliphatic heterocycles. The Morgan fingerprint density at radius 1 is 1.19 bits per heavy atom. The van der Waals surface area contributed by atoms with Gasteiger partial charge in [-0.1, -0.05) is 32.0 Å². The maximum Gasteiger partial charge on any atom is 0.329 e. The molecule has 0 fully saturated rings. The molecule has 7 nitrogen and oxygen atoms in total. The Bertz CT molecular complexity index is 1060. The summed E-state index contributed by atoms with van der Waals surface area (Å²) in [5.41, 5.74) is 9.19. The molecule has 0 spiro atoms. The molecule has 0 aliphatic rings. The van der Waals surface area contributed by atoms with Crippen molar-refractivity contribution >= 4 is 28.0 Å². The fourth-order valence-electron chi connectivity index (χ4n) is 3.11. The minimum atomic E-state index is -0.526. The zero-order valence-corrected chi connectivity index (χ0v) is 16.4. The average molecular weight is 385 g/mol. The summed E-state index contributed by atoms with van der Waals surface area (Å²) in [6, 6.07) is 6.25. The topological polar surface area (TPSA) is 106 Å². The van der Waals surface area contributed by atoms with E-state index in [1.807, 2.05) is 0 Å². The summed E-state index contributed by atoms with van der Waals surface area (Å²) >= 11 is 1.39. The first-order valence-electron chi connectivity index (χ1n) is 8.96. The van der Waals surface area contributed by atoms with Gasteiger partial charge in [-0.25, -0.2) is 9.78 Å². The van der Waals surface area contributed by atoms with E-state index in [1.165, 1.54) is 27.0 Å². The van der Waals surface area contributed by atoms with E-state index in [0.717, 1.165) is 18.5 Å². The van der Waals surface area contributed by atoms with Gasteiger partial charge in [0.1, 0.15) is 11.4 Å². The number of hydrogen-bond donors (Lipinski definition) is 3. The Morgan fingerprint density at radius 2 is 1.85 bits per heavy atom. The predicted molar refractivity (Wildman–Crippen MR) is 111 cm³/mol. The van der Waals surface area contributed by atoms with Gasteiger partial charge in [-0.2, -0.15) is 0 Å². The van der Waals surface area contributed by atoms with Gasteiger partial charge in [-0.05, 0) is 30.9 Å². The van der Waals surface area contributed by atoms with Gasteiger partial charge in [0.25, 0.3) is 5.56 Å². The summed E-state index contributed by atoms with van der Waals surface area (Å²) in [4.78, 5) is 31.0. The molecule has 2 aromatic heterocycles. The van der Waals surface area contributed by atoms with Crippen molar-refractivity contribution in [1.82, 2.24) is 14.5 Å². The molecule has 0 radical (unpaired) electrons. The van der Waals surface area contributed by atoms with Crippen LogP contribution in [0.1, 0.15) is 31.9 Å². The number of nitrogen functional groups attached to an aromatic ring is 1. The van der Waals surface area contributed by atoms with Gasteiger partial charge in [0, 0.05) is 17.6 Å². The molecular formula is C19H23N5O2S. The maximum atomic E-state index is 12.3. The molecule has 4 N–H and O–H groups in total. The Labute approximate surface area is 160 Å². The Hall–Kier alpha value is -2.87. The molecule has 8 heteroatoms. The van der Waals surface area contributed by atoms with Crippen LogP contribution in [0.4, 0.5) is 16.6 Å². The number of aromatic nitrogens is 3. The molecule has 3 rings (SSSR count). The largest absolute Gasteiger partial charge is 0.384 e. The Morgan fingerprint density at radius 3 is 2.44 bits per heavy atom. The van der Waals surface area contributed by atoms with Crippen molar-refractivity contribution in [3.8, 4) is 11.3 Å². The second-order valence-corrected chi connectivity index (χ2v) is 6.94. The van der Waals surface area contributed by atoms with E-state index in [0.29, 0.717) is 17.4 Å². The van der Waals surface area contributed by atoms with Crippen molar-refractivity contribution in [2.45, 2.75) is 40.2 Å². The number of nitrogens with two attached hydrogens (primary N) is 1. The highest BCUT2D eigenvalue weighted by molar-refractivity contribution is 7.14. The maximum absolute atomic E-state index is 12.3. The lowest BCUT2D eigenvalue weighted by Crippen LogP contribution is -2.32. The number of anilines is 3. The average Bonchev–Trinajstić information content (AvgIpc) is 3.10. The van der Waals surface area contributed by atoms with Crippen molar-refractivity contribution in [3.05, 3.63) is 55.5 Å². The number of thiazole rings is 1. The minimum Gasteiger partial charge on any atom is -0.384 e. The third-order valence-electron chi connectivity index (χ3n) is 4.55. The van der Waals surface area contributed by atoms with Crippen LogP contribution in [0.15, 0.2) is 33.2 Å². The van der Waals surface area contributed by atoms with Gasteiger partial charge in [0.2, 0.25) is 0 Å². The zero-order valence-electron chi connectivity index (χ0n) is 15.6. The lowest BCUT2D eigenvalue weighted by Gasteiger charge is -2.13. The highest BCUT2D eigenvalue weighted by Crippen LogP contribution is 2.31. The molecule has 0 amide bonds. The molecule has 0 saturated heterocycles. The van der Waals surface area contributed by atoms with Crippen molar-refractivity contribution in [2.75, 3.05) is 11.1 Å². The fraction of sp³-hybridized carbons (Fsp3) is 0.316. The molecule has 0 bridgehead atoms. The van der Waals surface area contributed by atoms with Gasteiger partial charge in [0.05, 0.1) is 5.69 Å². The summed E-state index contributed by atoms with van der Waals surface area (Å²) in [6.07, 6.45) is 1.81. The number of nitrogens with one attached hydrogen (secondary N) is 2. The molecule has 142 valence electrons. The Balaban J connectivity index is 2.03. The van der Waals surface area contributed by atoms with Crippen LogP contribution >= 0.6 is 11.3 Å². The predicted octanol–water partition coefficient (Wildman–Crippen LogP) is 3.13. The summed E-state index contributed by atoms with van der Waals surface area (Å²) in [5, 5.41) is 5.84. The van der Waals surface area contributed by atoms with Crippen LogP contribution in [0.3, 0.4) is 0 Å². The molecule has 2 heterocycles. The normalized spacial score (nSPS) is 10.9. The molecule has 27 heavy (non-hydrogen) atoms. The van der Waals surface area contributed by atoms with E-state index in [9.17, 15) is 9.59 Å². The van der Waals surface area contributed by atoms with Gasteiger partial charge in [0.15, 0.2) is 5.13 Å². The lowest BCUT2D eigenvalue weighted by atomic mass is 10.0. The fourth-order valence-corrected chi connectivity index (χ4v) is 3.81. The van der Waals surface area contributed by atoms with E-state index in [1.54, 1.807) is 12.3 Å². The molecule has 0 aliphatic carbocycles. The monoisotopic (exact) mass is 385 g/mol. The van der Waals surface area contributed by atoms with Crippen LogP contribution < -0.4 is 22.3 Å². The minimum absolute atomic E-state index is 0.131. The van der Waals surface area contributed by atoms with Crippen LogP contribution in [-0.2, 0) is 19.4 Å². The summed E-state index contributed by atoms with van der Waals surface area (Å²) in [5.74, 6) is 0.131. The third kappa shape index (κ3) is 3.52. The number of aromatic amines is 1. The summed E-state index contributed by atoms with van der Waals surface area (Å²) < 4.78 is 1.32. The second kappa shape index (κ2) is 7.79. The van der Waals surface area contributed by atoms with Gasteiger partial charge < -0.3 is 11.1 Å². The number of benzene rings is 1. The second-order valence-electron chi connectivity index (χ2n) is 6.09. The van der Waals surface area contributed by atoms with E-state index < -0.39 is 11.2 Å². The van der Waals surface area contributed by atoms with E-state index in [-0.39, 0.29) is 11.4 Å². The molecule has 1 aromatic carbocycles. The van der Waals surface area contributed by atoms with E-state index in [2.05, 4.69) is 47.3 Å². The van der Waals surface area contributed by atoms with Crippen LogP contribution in [0, 0.1) is 0 Å². The first kappa shape index (κ1) is 18.9. The van der Waals surface area contributed by atoms with Gasteiger partial charge in [-0.15, -0.1) is 11.3 Å². The smallest absolute Gasteiger partial charge is 0.329 e. The number of rotatable bonds is 6. The van der Waals surface area contributed by atoms with Gasteiger partial charge >= 0.3 is 5.69 Å². The standard InChI is InChI=1S/C19H23N5O2S/c1-4-11-8-7-9-12(5-2)15(11)22-18-21-13(10-27-18)14-16(20)24(6-3)19(26)23-17(14)25/h7-10H,4-6,20H2,1-3H3,(H,21,22)(H,23,25,26). The number of hydrogen-bond acceptors (Lipinski definition) is 6. The van der Waals surface area contributed by atoms with Crippen molar-refractivity contribution in [2.24, 2.45) is 0 Å². The molecule has 3 aromatic rings. The first-order valence-corrected chi connectivity index (χ1v) is 9.84. The Kier molecular flexibility index (Phi) is 5.46. The van der Waals surface area contributed by atoms with Crippen LogP contribution in [-0.4, -0.2) is 14.5 Å². The third-order valence-corrected chi connectivity index (χ3v) is 5.30. The number of H-pyrrole nitrogens is 1. The summed E-state index contributed by atoms with van der Waals surface area (Å²) in [7, 11) is 0. The number of nitrogens with zero attached hydrogens (tertiary/aromatic N) is 2. The quantitative estimate of drug-likeness (QED) is 0.604. The lowest BCUT2D eigenvalue weighted by molar-refractivity contribution is 0.706. The molecule has 0 unspecified atom stereocenters. The zero-order chi connectivity index (χ0) is 19.6. The highest BCUT2D eigenvalue weighted by atomic mass is 32.1. The number of aryl methyl sites for hydroxylation is 2. The first-order chi connectivity index (χ1) is 13.0. The van der Waals surface area contributed by atoms with Crippen LogP contribution in [0.2, 0.25) is 0 Å². The summed E-state index contributed by atoms with van der Waals surface area (Å²) in [6.45, 7) is 6.39. The van der Waals surface area contributed by atoms with Crippen molar-refractivity contribution in [1.29, 1.82) is 0 Å². The van der Waals surface area contributed by atoms with Gasteiger partial charge in [-0.3, -0.25) is 14.3 Å². The van der Waals surface area contributed by atoms with E-state index >= 15 is 0 Å². The SMILES string of the molecule is CCc1cccc(CC)c1Nc1nc(-c2c(N)n(CC)c(=O)[nH]c2=O)cs1. The van der Waals surface area contributed by atoms with Crippen molar-refractivity contribution in [3.63, 3.8) is 0 Å².